The minimum atomic E-state index is -4.85. The Balaban J connectivity index is 3.15. The third-order valence-corrected chi connectivity index (χ3v) is 2.05. The lowest BCUT2D eigenvalue weighted by molar-refractivity contribution is -0.385. The number of benzene rings is 1. The molecule has 0 unspecified atom stereocenters. The molecule has 0 saturated heterocycles. The number of alkyl halides is 3. The van der Waals surface area contributed by atoms with Gasteiger partial charge in [0.15, 0.2) is 0 Å². The summed E-state index contributed by atoms with van der Waals surface area (Å²) in [5.74, 6) is -0.746. The third kappa shape index (κ3) is 3.61. The van der Waals surface area contributed by atoms with Gasteiger partial charge < -0.3 is 4.74 Å². The van der Waals surface area contributed by atoms with Gasteiger partial charge in [0.05, 0.1) is 11.0 Å². The van der Waals surface area contributed by atoms with E-state index in [9.17, 15) is 23.3 Å². The van der Waals surface area contributed by atoms with Gasteiger partial charge in [0.2, 0.25) is 0 Å². The van der Waals surface area contributed by atoms with Crippen molar-refractivity contribution in [2.24, 2.45) is 0 Å². The van der Waals surface area contributed by atoms with Crippen LogP contribution >= 0.6 is 0 Å². The molecule has 1 rings (SSSR count). The van der Waals surface area contributed by atoms with E-state index in [0.717, 1.165) is 12.1 Å². The maximum atomic E-state index is 11.9. The second-order valence-electron chi connectivity index (χ2n) is 3.68. The molecular formula is C10H10F3NO3. The van der Waals surface area contributed by atoms with Crippen molar-refractivity contribution in [1.82, 2.24) is 0 Å². The summed E-state index contributed by atoms with van der Waals surface area (Å²) < 4.78 is 39.4. The van der Waals surface area contributed by atoms with Crippen molar-refractivity contribution in [3.63, 3.8) is 0 Å². The average Bonchev–Trinajstić information content (AvgIpc) is 2.14. The fraction of sp³-hybridized carbons (Fsp3) is 0.400. The van der Waals surface area contributed by atoms with Crippen LogP contribution in [0.1, 0.15) is 25.3 Å². The number of nitro groups is 1. The Morgan fingerprint density at radius 2 is 1.94 bits per heavy atom. The van der Waals surface area contributed by atoms with E-state index in [4.69, 9.17) is 0 Å². The van der Waals surface area contributed by atoms with E-state index in [1.54, 1.807) is 13.8 Å². The zero-order chi connectivity index (χ0) is 13.2. The van der Waals surface area contributed by atoms with E-state index in [1.165, 1.54) is 6.07 Å². The Kier molecular flexibility index (Phi) is 3.59. The van der Waals surface area contributed by atoms with Crippen LogP contribution in [0.5, 0.6) is 5.75 Å². The molecule has 0 aromatic heterocycles. The molecular weight excluding hydrogens is 239 g/mol. The summed E-state index contributed by atoms with van der Waals surface area (Å²) in [6.45, 7) is 3.43. The Labute approximate surface area is 95.2 Å². The largest absolute Gasteiger partial charge is 0.573 e. The molecule has 0 fully saturated rings. The minimum absolute atomic E-state index is 0.157. The second-order valence-corrected chi connectivity index (χ2v) is 3.68. The van der Waals surface area contributed by atoms with Crippen LogP contribution in [0.25, 0.3) is 0 Å². The van der Waals surface area contributed by atoms with Crippen molar-refractivity contribution in [2.45, 2.75) is 26.1 Å². The monoisotopic (exact) mass is 249 g/mol. The molecule has 0 spiro atoms. The lowest BCUT2D eigenvalue weighted by Crippen LogP contribution is -2.17. The maximum absolute atomic E-state index is 11.9. The molecule has 1 aromatic carbocycles. The first-order valence-electron chi connectivity index (χ1n) is 4.75. The zero-order valence-electron chi connectivity index (χ0n) is 9.12. The van der Waals surface area contributed by atoms with Crippen LogP contribution in [0.15, 0.2) is 18.2 Å². The highest BCUT2D eigenvalue weighted by Gasteiger charge is 2.32. The fourth-order valence-corrected chi connectivity index (χ4v) is 1.37. The van der Waals surface area contributed by atoms with Gasteiger partial charge in [-0.3, -0.25) is 10.1 Å². The lowest BCUT2D eigenvalue weighted by Gasteiger charge is -2.11. The molecule has 0 N–H and O–H groups in total. The molecule has 0 aliphatic heterocycles. The molecule has 17 heavy (non-hydrogen) atoms. The van der Waals surface area contributed by atoms with Gasteiger partial charge in [-0.25, -0.2) is 0 Å². The van der Waals surface area contributed by atoms with E-state index < -0.39 is 17.0 Å². The summed E-state index contributed by atoms with van der Waals surface area (Å²) in [4.78, 5) is 9.99. The van der Waals surface area contributed by atoms with Crippen molar-refractivity contribution < 1.29 is 22.8 Å². The second kappa shape index (κ2) is 4.60. The smallest absolute Gasteiger partial charge is 0.406 e. The highest BCUT2D eigenvalue weighted by Crippen LogP contribution is 2.32. The van der Waals surface area contributed by atoms with Gasteiger partial charge in [-0.05, 0) is 18.1 Å². The summed E-state index contributed by atoms with van der Waals surface area (Å²) in [6.07, 6.45) is -4.85. The first-order chi connectivity index (χ1) is 7.70. The van der Waals surface area contributed by atoms with Gasteiger partial charge in [-0.15, -0.1) is 13.2 Å². The number of halogens is 3. The maximum Gasteiger partial charge on any atom is 0.573 e. The number of hydrogen-bond donors (Lipinski definition) is 0. The summed E-state index contributed by atoms with van der Waals surface area (Å²) in [5, 5.41) is 10.7. The van der Waals surface area contributed by atoms with Crippen molar-refractivity contribution in [2.75, 3.05) is 0 Å². The van der Waals surface area contributed by atoms with Gasteiger partial charge in [0, 0.05) is 5.56 Å². The zero-order valence-corrected chi connectivity index (χ0v) is 9.12. The van der Waals surface area contributed by atoms with Crippen LogP contribution in [-0.4, -0.2) is 11.3 Å². The molecule has 0 aliphatic rings. The topological polar surface area (TPSA) is 52.4 Å². The summed E-state index contributed by atoms with van der Waals surface area (Å²) in [6, 6.07) is 3.11. The summed E-state index contributed by atoms with van der Waals surface area (Å²) in [7, 11) is 0. The highest BCUT2D eigenvalue weighted by atomic mass is 19.4. The van der Waals surface area contributed by atoms with Crippen LogP contribution in [0.4, 0.5) is 18.9 Å². The van der Waals surface area contributed by atoms with Gasteiger partial charge in [-0.2, -0.15) is 0 Å². The summed E-state index contributed by atoms with van der Waals surface area (Å²) in [5.41, 5.74) is -0.00808. The molecule has 1 aromatic rings. The summed E-state index contributed by atoms with van der Waals surface area (Å²) >= 11 is 0. The van der Waals surface area contributed by atoms with Gasteiger partial charge >= 0.3 is 6.36 Å². The number of nitrogens with zero attached hydrogens (tertiary/aromatic N) is 1. The number of nitro benzene ring substituents is 1. The van der Waals surface area contributed by atoms with Crippen LogP contribution in [0.2, 0.25) is 0 Å². The van der Waals surface area contributed by atoms with Crippen LogP contribution < -0.4 is 4.74 Å². The Hall–Kier alpha value is -1.79. The minimum Gasteiger partial charge on any atom is -0.406 e. The first-order valence-corrected chi connectivity index (χ1v) is 4.75. The average molecular weight is 249 g/mol. The molecule has 0 bridgehead atoms. The molecule has 0 heterocycles. The third-order valence-electron chi connectivity index (χ3n) is 2.05. The van der Waals surface area contributed by atoms with Crippen LogP contribution in [-0.2, 0) is 0 Å². The Morgan fingerprint density at radius 3 is 2.35 bits per heavy atom. The quantitative estimate of drug-likeness (QED) is 0.607. The molecule has 4 nitrogen and oxygen atoms in total. The van der Waals surface area contributed by atoms with Crippen molar-refractivity contribution in [1.29, 1.82) is 0 Å². The van der Waals surface area contributed by atoms with Crippen molar-refractivity contribution in [3.05, 3.63) is 33.9 Å². The highest BCUT2D eigenvalue weighted by molar-refractivity contribution is 5.47. The predicted octanol–water partition coefficient (Wildman–Crippen LogP) is 3.62. The van der Waals surface area contributed by atoms with Gasteiger partial charge in [0.25, 0.3) is 5.69 Å². The fourth-order valence-electron chi connectivity index (χ4n) is 1.37. The van der Waals surface area contributed by atoms with E-state index >= 15 is 0 Å². The molecule has 0 aliphatic carbocycles. The SMILES string of the molecule is CC(C)c1ccc(OC(F)(F)F)cc1[N+](=O)[O-]. The standard InChI is InChI=1S/C10H10F3NO3/c1-6(2)8-4-3-7(17-10(11,12)13)5-9(8)14(15)16/h3-6H,1-2H3. The molecule has 0 amide bonds. The van der Waals surface area contributed by atoms with Crippen molar-refractivity contribution >= 4 is 5.69 Å². The first kappa shape index (κ1) is 13.3. The van der Waals surface area contributed by atoms with Crippen LogP contribution in [0, 0.1) is 10.1 Å². The number of ether oxygens (including phenoxy) is 1. The molecule has 0 radical (unpaired) electrons. The van der Waals surface area contributed by atoms with Crippen LogP contribution in [0.3, 0.4) is 0 Å². The van der Waals surface area contributed by atoms with E-state index in [1.807, 2.05) is 0 Å². The van der Waals surface area contributed by atoms with E-state index in [-0.39, 0.29) is 11.6 Å². The van der Waals surface area contributed by atoms with E-state index in [2.05, 4.69) is 4.74 Å². The number of rotatable bonds is 3. The van der Waals surface area contributed by atoms with Crippen molar-refractivity contribution in [3.8, 4) is 5.75 Å². The normalized spacial score (nSPS) is 11.6. The Bertz CT molecular complexity index is 429. The predicted molar refractivity (Wildman–Crippen MR) is 53.9 cm³/mol. The molecule has 94 valence electrons. The molecule has 0 saturated carbocycles. The van der Waals surface area contributed by atoms with E-state index in [0.29, 0.717) is 5.56 Å². The van der Waals surface area contributed by atoms with Gasteiger partial charge in [0.1, 0.15) is 5.75 Å². The lowest BCUT2D eigenvalue weighted by atomic mass is 10.0. The Morgan fingerprint density at radius 1 is 1.35 bits per heavy atom. The molecule has 7 heteroatoms. The molecule has 0 atom stereocenters. The van der Waals surface area contributed by atoms with Gasteiger partial charge in [-0.1, -0.05) is 13.8 Å². The number of hydrogen-bond acceptors (Lipinski definition) is 3.